The van der Waals surface area contributed by atoms with E-state index < -0.39 is 0 Å². The number of hydrogen-bond acceptors (Lipinski definition) is 4. The van der Waals surface area contributed by atoms with Crippen LogP contribution in [0.4, 0.5) is 0 Å². The number of amides is 2. The Labute approximate surface area is 112 Å². The van der Waals surface area contributed by atoms with Gasteiger partial charge in [-0.05, 0) is 6.42 Å². The van der Waals surface area contributed by atoms with Gasteiger partial charge in [0.05, 0.1) is 12.1 Å². The molecule has 1 aliphatic rings. The maximum Gasteiger partial charge on any atom is 0.274 e. The molecule has 102 valence electrons. The summed E-state index contributed by atoms with van der Waals surface area (Å²) in [4.78, 5) is 33.1. The van der Waals surface area contributed by atoms with Crippen LogP contribution in [-0.2, 0) is 4.79 Å². The molecule has 1 N–H and O–H groups in total. The van der Waals surface area contributed by atoms with E-state index in [1.165, 1.54) is 18.6 Å². The summed E-state index contributed by atoms with van der Waals surface area (Å²) in [5.41, 5.74) is 0.326. The molecule has 1 fully saturated rings. The van der Waals surface area contributed by atoms with Crippen molar-refractivity contribution in [2.24, 2.45) is 5.92 Å². The van der Waals surface area contributed by atoms with E-state index in [9.17, 15) is 9.59 Å². The summed E-state index contributed by atoms with van der Waals surface area (Å²) in [6.45, 7) is 3.72. The number of nitrogens with zero attached hydrogens (tertiary/aromatic N) is 3. The standard InChI is InChI=1S/C13H18N4O2/c1-2-3-4-16-12(18)10-8-17(9-10)13(19)11-7-14-5-6-15-11/h5-7,10H,2-4,8-9H2,1H3,(H,16,18). The maximum atomic E-state index is 11.9. The van der Waals surface area contributed by atoms with Crippen molar-refractivity contribution in [1.29, 1.82) is 0 Å². The van der Waals surface area contributed by atoms with E-state index in [2.05, 4.69) is 22.2 Å². The summed E-state index contributed by atoms with van der Waals surface area (Å²) in [5.74, 6) is -0.208. The molecule has 2 amide bonds. The van der Waals surface area contributed by atoms with Crippen LogP contribution in [0.25, 0.3) is 0 Å². The third-order valence-electron chi connectivity index (χ3n) is 3.15. The first-order valence-electron chi connectivity index (χ1n) is 6.55. The summed E-state index contributed by atoms with van der Waals surface area (Å²) in [6, 6.07) is 0. The highest BCUT2D eigenvalue weighted by Crippen LogP contribution is 2.17. The number of likely N-dealkylation sites (tertiary alicyclic amines) is 1. The molecule has 0 unspecified atom stereocenters. The van der Waals surface area contributed by atoms with Crippen molar-refractivity contribution in [2.75, 3.05) is 19.6 Å². The van der Waals surface area contributed by atoms with Crippen LogP contribution in [0.1, 0.15) is 30.3 Å². The summed E-state index contributed by atoms with van der Waals surface area (Å²) in [5, 5.41) is 2.88. The average Bonchev–Trinajstić information content (AvgIpc) is 2.38. The molecule has 1 aliphatic heterocycles. The van der Waals surface area contributed by atoms with Gasteiger partial charge in [-0.25, -0.2) is 4.98 Å². The van der Waals surface area contributed by atoms with Crippen LogP contribution < -0.4 is 5.32 Å². The lowest BCUT2D eigenvalue weighted by Gasteiger charge is -2.37. The molecule has 0 aromatic carbocycles. The molecule has 0 aliphatic carbocycles. The fourth-order valence-electron chi connectivity index (χ4n) is 1.91. The van der Waals surface area contributed by atoms with Crippen LogP contribution in [0, 0.1) is 5.92 Å². The molecule has 2 rings (SSSR count). The normalized spacial score (nSPS) is 14.9. The maximum absolute atomic E-state index is 11.9. The van der Waals surface area contributed by atoms with Gasteiger partial charge in [-0.3, -0.25) is 14.6 Å². The fourth-order valence-corrected chi connectivity index (χ4v) is 1.91. The molecule has 19 heavy (non-hydrogen) atoms. The Kier molecular flexibility index (Phi) is 4.43. The Morgan fingerprint density at radius 2 is 2.21 bits per heavy atom. The highest BCUT2D eigenvalue weighted by atomic mass is 16.2. The van der Waals surface area contributed by atoms with Crippen molar-refractivity contribution < 1.29 is 9.59 Å². The molecule has 0 bridgehead atoms. The van der Waals surface area contributed by atoms with E-state index in [1.807, 2.05) is 0 Å². The fraction of sp³-hybridized carbons (Fsp3) is 0.538. The largest absolute Gasteiger partial charge is 0.356 e. The molecule has 1 saturated heterocycles. The SMILES string of the molecule is CCCCNC(=O)C1CN(C(=O)c2cnccn2)C1. The first-order valence-corrected chi connectivity index (χ1v) is 6.55. The van der Waals surface area contributed by atoms with Gasteiger partial charge in [0.2, 0.25) is 5.91 Å². The summed E-state index contributed by atoms with van der Waals surface area (Å²) < 4.78 is 0. The predicted molar refractivity (Wildman–Crippen MR) is 69.3 cm³/mol. The van der Waals surface area contributed by atoms with Gasteiger partial charge >= 0.3 is 0 Å². The third kappa shape index (κ3) is 3.27. The Morgan fingerprint density at radius 3 is 2.84 bits per heavy atom. The molecule has 1 aromatic rings. The van der Waals surface area contributed by atoms with Crippen molar-refractivity contribution in [3.05, 3.63) is 24.3 Å². The van der Waals surface area contributed by atoms with E-state index in [0.717, 1.165) is 12.8 Å². The van der Waals surface area contributed by atoms with E-state index in [1.54, 1.807) is 4.90 Å². The average molecular weight is 262 g/mol. The number of rotatable bonds is 5. The zero-order valence-electron chi connectivity index (χ0n) is 11.0. The van der Waals surface area contributed by atoms with Gasteiger partial charge in [0.1, 0.15) is 5.69 Å². The quantitative estimate of drug-likeness (QED) is 0.782. The first kappa shape index (κ1) is 13.5. The molecule has 2 heterocycles. The smallest absolute Gasteiger partial charge is 0.274 e. The Hall–Kier alpha value is -1.98. The summed E-state index contributed by atoms with van der Waals surface area (Å²) in [6.07, 6.45) is 6.50. The van der Waals surface area contributed by atoms with Gasteiger partial charge < -0.3 is 10.2 Å². The number of carbonyl (C=O) groups is 2. The Balaban J connectivity index is 1.77. The van der Waals surface area contributed by atoms with Crippen LogP contribution in [0.3, 0.4) is 0 Å². The second kappa shape index (κ2) is 6.26. The number of hydrogen-bond donors (Lipinski definition) is 1. The lowest BCUT2D eigenvalue weighted by atomic mass is 9.98. The minimum Gasteiger partial charge on any atom is -0.356 e. The molecule has 6 heteroatoms. The number of unbranched alkanes of at least 4 members (excludes halogenated alkanes) is 1. The first-order chi connectivity index (χ1) is 9.22. The summed E-state index contributed by atoms with van der Waals surface area (Å²) >= 11 is 0. The molecule has 0 radical (unpaired) electrons. The third-order valence-corrected chi connectivity index (χ3v) is 3.15. The van der Waals surface area contributed by atoms with Gasteiger partial charge in [0.15, 0.2) is 0 Å². The van der Waals surface area contributed by atoms with Crippen molar-refractivity contribution in [3.8, 4) is 0 Å². The molecule has 6 nitrogen and oxygen atoms in total. The van der Waals surface area contributed by atoms with E-state index >= 15 is 0 Å². The van der Waals surface area contributed by atoms with Crippen LogP contribution in [0.15, 0.2) is 18.6 Å². The monoisotopic (exact) mass is 262 g/mol. The van der Waals surface area contributed by atoms with Crippen LogP contribution in [0.2, 0.25) is 0 Å². The molecule has 0 spiro atoms. The lowest BCUT2D eigenvalue weighted by Crippen LogP contribution is -2.55. The zero-order chi connectivity index (χ0) is 13.7. The number of aromatic nitrogens is 2. The number of carbonyl (C=O) groups excluding carboxylic acids is 2. The topological polar surface area (TPSA) is 75.2 Å². The highest BCUT2D eigenvalue weighted by Gasteiger charge is 2.36. The van der Waals surface area contributed by atoms with Crippen LogP contribution >= 0.6 is 0 Å². The lowest BCUT2D eigenvalue weighted by molar-refractivity contribution is -0.128. The van der Waals surface area contributed by atoms with Gasteiger partial charge in [-0.2, -0.15) is 0 Å². The van der Waals surface area contributed by atoms with Gasteiger partial charge in [0.25, 0.3) is 5.91 Å². The van der Waals surface area contributed by atoms with Gasteiger partial charge in [-0.15, -0.1) is 0 Å². The second-order valence-electron chi connectivity index (χ2n) is 4.64. The molecule has 1 aromatic heterocycles. The summed E-state index contributed by atoms with van der Waals surface area (Å²) in [7, 11) is 0. The van der Waals surface area contributed by atoms with Gasteiger partial charge in [-0.1, -0.05) is 13.3 Å². The van der Waals surface area contributed by atoms with Crippen LogP contribution in [-0.4, -0.2) is 46.3 Å². The number of nitrogens with one attached hydrogen (secondary N) is 1. The molecular formula is C13H18N4O2. The second-order valence-corrected chi connectivity index (χ2v) is 4.64. The van der Waals surface area contributed by atoms with Crippen molar-refractivity contribution in [1.82, 2.24) is 20.2 Å². The highest BCUT2D eigenvalue weighted by molar-refractivity contribution is 5.94. The molecule has 0 saturated carbocycles. The molecule has 0 atom stereocenters. The minimum atomic E-state index is -0.161. The van der Waals surface area contributed by atoms with Crippen molar-refractivity contribution >= 4 is 11.8 Å². The Morgan fingerprint density at radius 1 is 1.42 bits per heavy atom. The van der Waals surface area contributed by atoms with Crippen molar-refractivity contribution in [2.45, 2.75) is 19.8 Å². The van der Waals surface area contributed by atoms with Crippen molar-refractivity contribution in [3.63, 3.8) is 0 Å². The van der Waals surface area contributed by atoms with E-state index in [4.69, 9.17) is 0 Å². The Bertz CT molecular complexity index is 443. The predicted octanol–water partition coefficient (Wildman–Crippen LogP) is 0.465. The van der Waals surface area contributed by atoms with Gasteiger partial charge in [0, 0.05) is 32.0 Å². The van der Waals surface area contributed by atoms with Crippen LogP contribution in [0.5, 0.6) is 0 Å². The van der Waals surface area contributed by atoms with E-state index in [0.29, 0.717) is 25.3 Å². The molecular weight excluding hydrogens is 244 g/mol. The zero-order valence-corrected chi connectivity index (χ0v) is 11.0. The van der Waals surface area contributed by atoms with E-state index in [-0.39, 0.29) is 17.7 Å². The minimum absolute atomic E-state index is 0.0386.